The van der Waals surface area contributed by atoms with E-state index in [0.29, 0.717) is 28.2 Å². The number of hydrogen-bond acceptors (Lipinski definition) is 6. The molecule has 0 aromatic heterocycles. The first-order chi connectivity index (χ1) is 20.6. The summed E-state index contributed by atoms with van der Waals surface area (Å²) in [5, 5.41) is 0. The normalized spacial score (nSPS) is 10.0. The van der Waals surface area contributed by atoms with Crippen LogP contribution in [0, 0.1) is 11.8 Å². The Morgan fingerprint density at radius 2 is 1.05 bits per heavy atom. The molecule has 0 bridgehead atoms. The summed E-state index contributed by atoms with van der Waals surface area (Å²) in [6.07, 6.45) is 1.09. The summed E-state index contributed by atoms with van der Waals surface area (Å²) in [4.78, 5) is 35.6. The van der Waals surface area contributed by atoms with Gasteiger partial charge in [-0.3, -0.25) is 0 Å². The lowest BCUT2D eigenvalue weighted by Gasteiger charge is -2.09. The smallest absolute Gasteiger partial charge is 0.338 e. The van der Waals surface area contributed by atoms with Gasteiger partial charge in [0, 0.05) is 22.8 Å². The van der Waals surface area contributed by atoms with E-state index in [1.165, 1.54) is 0 Å². The van der Waals surface area contributed by atoms with Gasteiger partial charge < -0.3 is 14.2 Å². The number of benzene rings is 4. The van der Waals surface area contributed by atoms with Crippen LogP contribution in [0.5, 0.6) is 17.2 Å². The van der Waals surface area contributed by atoms with Gasteiger partial charge in [0.15, 0.2) is 0 Å². The van der Waals surface area contributed by atoms with Crippen molar-refractivity contribution in [3.63, 3.8) is 0 Å². The Morgan fingerprint density at radius 1 is 0.605 bits per heavy atom. The molecule has 0 saturated heterocycles. The average molecular weight is 569 g/mol. The van der Waals surface area contributed by atoms with E-state index in [9.17, 15) is 14.4 Å². The highest BCUT2D eigenvalue weighted by atomic mass is 16.5. The molecular formula is C37H28O6. The van der Waals surface area contributed by atoms with Crippen molar-refractivity contribution < 1.29 is 28.6 Å². The molecule has 0 N–H and O–H groups in total. The van der Waals surface area contributed by atoms with Gasteiger partial charge in [-0.15, -0.1) is 0 Å². The van der Waals surface area contributed by atoms with E-state index in [4.69, 9.17) is 14.2 Å². The summed E-state index contributed by atoms with van der Waals surface area (Å²) in [6, 6.07) is 27.2. The van der Waals surface area contributed by atoms with Gasteiger partial charge >= 0.3 is 17.9 Å². The SMILES string of the molecule is C=CC(=O)Oc1cc(-c2ccc(OC(=O)C(=C)C)cc2)ccc1C#Cc1ccc(-c2ccc(OC(=O)C(=C)C)cc2)cc1. The quantitative estimate of drug-likeness (QED) is 0.0949. The number of hydrogen-bond donors (Lipinski definition) is 0. The third kappa shape index (κ3) is 8.06. The summed E-state index contributed by atoms with van der Waals surface area (Å²) in [5.41, 5.74) is 5.44. The molecule has 0 unspecified atom stereocenters. The van der Waals surface area contributed by atoms with Crippen LogP contribution in [-0.2, 0) is 14.4 Å². The van der Waals surface area contributed by atoms with Gasteiger partial charge in [0.05, 0.1) is 5.56 Å². The maximum absolute atomic E-state index is 12.1. The Kier molecular flexibility index (Phi) is 9.52. The van der Waals surface area contributed by atoms with Gasteiger partial charge in [-0.2, -0.15) is 0 Å². The maximum Gasteiger partial charge on any atom is 0.338 e. The molecule has 0 fully saturated rings. The molecule has 4 rings (SSSR count). The fourth-order valence-corrected chi connectivity index (χ4v) is 3.74. The molecule has 43 heavy (non-hydrogen) atoms. The Hall–Kier alpha value is -5.93. The summed E-state index contributed by atoms with van der Waals surface area (Å²) in [7, 11) is 0. The van der Waals surface area contributed by atoms with Crippen molar-refractivity contribution >= 4 is 17.9 Å². The first-order valence-corrected chi connectivity index (χ1v) is 13.2. The van der Waals surface area contributed by atoms with E-state index in [1.54, 1.807) is 62.4 Å². The van der Waals surface area contributed by atoms with Crippen LogP contribution in [0.15, 0.2) is 128 Å². The van der Waals surface area contributed by atoms with Crippen molar-refractivity contribution in [2.45, 2.75) is 13.8 Å². The molecule has 0 aliphatic rings. The molecule has 6 heteroatoms. The molecule has 0 radical (unpaired) electrons. The van der Waals surface area contributed by atoms with Crippen molar-refractivity contribution in [2.75, 3.05) is 0 Å². The third-order valence-electron chi connectivity index (χ3n) is 6.08. The Labute approximate surface area is 250 Å². The molecule has 0 aliphatic carbocycles. The number of carbonyl (C=O) groups excluding carboxylic acids is 3. The van der Waals surface area contributed by atoms with Crippen LogP contribution >= 0.6 is 0 Å². The monoisotopic (exact) mass is 568 g/mol. The summed E-state index contributed by atoms with van der Waals surface area (Å²) >= 11 is 0. The van der Waals surface area contributed by atoms with Crippen LogP contribution in [-0.4, -0.2) is 17.9 Å². The second kappa shape index (κ2) is 13.6. The van der Waals surface area contributed by atoms with Crippen molar-refractivity contribution in [1.29, 1.82) is 0 Å². The molecule has 0 heterocycles. The predicted octanol–water partition coefficient (Wildman–Crippen LogP) is 7.47. The lowest BCUT2D eigenvalue weighted by Crippen LogP contribution is -2.07. The second-order valence-electron chi connectivity index (χ2n) is 9.55. The van der Waals surface area contributed by atoms with Gasteiger partial charge in [0.25, 0.3) is 0 Å². The van der Waals surface area contributed by atoms with Gasteiger partial charge in [0.1, 0.15) is 17.2 Å². The first-order valence-electron chi connectivity index (χ1n) is 13.2. The minimum atomic E-state index is -0.605. The molecular weight excluding hydrogens is 540 g/mol. The summed E-state index contributed by atoms with van der Waals surface area (Å²) in [5.74, 6) is 5.76. The van der Waals surface area contributed by atoms with Crippen LogP contribution < -0.4 is 14.2 Å². The zero-order valence-corrected chi connectivity index (χ0v) is 23.8. The van der Waals surface area contributed by atoms with E-state index >= 15 is 0 Å². The van der Waals surface area contributed by atoms with Crippen LogP contribution in [0.2, 0.25) is 0 Å². The number of ether oxygens (including phenoxy) is 3. The minimum absolute atomic E-state index is 0.289. The fourth-order valence-electron chi connectivity index (χ4n) is 3.74. The highest BCUT2D eigenvalue weighted by Gasteiger charge is 2.11. The third-order valence-corrected chi connectivity index (χ3v) is 6.08. The molecule has 4 aromatic carbocycles. The van der Waals surface area contributed by atoms with Gasteiger partial charge in [0.2, 0.25) is 0 Å². The van der Waals surface area contributed by atoms with Crippen molar-refractivity contribution in [3.8, 4) is 51.3 Å². The van der Waals surface area contributed by atoms with E-state index in [1.807, 2.05) is 42.5 Å². The molecule has 0 atom stereocenters. The highest BCUT2D eigenvalue weighted by Crippen LogP contribution is 2.29. The summed E-state index contributed by atoms with van der Waals surface area (Å²) in [6.45, 7) is 13.8. The first kappa shape index (κ1) is 30.0. The van der Waals surface area contributed by atoms with Crippen LogP contribution in [0.4, 0.5) is 0 Å². The topological polar surface area (TPSA) is 78.9 Å². The van der Waals surface area contributed by atoms with Crippen LogP contribution in [0.3, 0.4) is 0 Å². The van der Waals surface area contributed by atoms with Gasteiger partial charge in [-0.05, 0) is 84.6 Å². The maximum atomic E-state index is 12.1. The minimum Gasteiger partial charge on any atom is -0.423 e. The molecule has 0 amide bonds. The van der Waals surface area contributed by atoms with Crippen molar-refractivity contribution in [2.24, 2.45) is 0 Å². The Bertz CT molecular complexity index is 1780. The van der Waals surface area contributed by atoms with E-state index in [0.717, 1.165) is 33.9 Å². The molecule has 6 nitrogen and oxygen atoms in total. The van der Waals surface area contributed by atoms with Crippen molar-refractivity contribution in [1.82, 2.24) is 0 Å². The molecule has 4 aromatic rings. The Balaban J connectivity index is 1.53. The molecule has 212 valence electrons. The highest BCUT2D eigenvalue weighted by molar-refractivity contribution is 5.89. The number of esters is 3. The number of rotatable bonds is 8. The lowest BCUT2D eigenvalue weighted by molar-refractivity contribution is -0.130. The van der Waals surface area contributed by atoms with Crippen LogP contribution in [0.25, 0.3) is 22.3 Å². The largest absolute Gasteiger partial charge is 0.423 e. The van der Waals surface area contributed by atoms with E-state index < -0.39 is 17.9 Å². The molecule has 0 spiro atoms. The molecule has 0 aliphatic heterocycles. The van der Waals surface area contributed by atoms with Gasteiger partial charge in [-0.1, -0.05) is 74.0 Å². The van der Waals surface area contributed by atoms with E-state index in [-0.39, 0.29) is 5.75 Å². The fraction of sp³-hybridized carbons (Fsp3) is 0.0541. The zero-order valence-electron chi connectivity index (χ0n) is 23.8. The van der Waals surface area contributed by atoms with Gasteiger partial charge in [-0.25, -0.2) is 14.4 Å². The molecule has 0 saturated carbocycles. The standard InChI is InChI=1S/C37H28O6/c1-6-35(38)43-34-23-31(29-17-21-33(22-18-29)42-37(40)25(4)5)14-13-30(34)12-9-26-7-10-27(11-8-26)28-15-19-32(20-16-28)41-36(39)24(2)3/h6-8,10-11,13-23H,1-2,4H2,3,5H3. The lowest BCUT2D eigenvalue weighted by atomic mass is 10.0. The van der Waals surface area contributed by atoms with Crippen LogP contribution in [0.1, 0.15) is 25.0 Å². The number of carbonyl (C=O) groups is 3. The summed E-state index contributed by atoms with van der Waals surface area (Å²) < 4.78 is 16.0. The average Bonchev–Trinajstić information content (AvgIpc) is 3.01. The van der Waals surface area contributed by atoms with Crippen molar-refractivity contribution in [3.05, 3.63) is 139 Å². The zero-order chi connectivity index (χ0) is 30.9. The second-order valence-corrected chi connectivity index (χ2v) is 9.55. The predicted molar refractivity (Wildman–Crippen MR) is 166 cm³/mol. The Morgan fingerprint density at radius 3 is 1.51 bits per heavy atom. The van der Waals surface area contributed by atoms with E-state index in [2.05, 4.69) is 31.6 Å².